The van der Waals surface area contributed by atoms with Gasteiger partial charge in [-0.2, -0.15) is 0 Å². The summed E-state index contributed by atoms with van der Waals surface area (Å²) in [5, 5.41) is -0.609. The molecule has 0 radical (unpaired) electrons. The van der Waals surface area contributed by atoms with E-state index in [-0.39, 0.29) is 0 Å². The number of hydrogen-bond donors (Lipinski definition) is 0. The highest BCUT2D eigenvalue weighted by atomic mass is 31.1. The van der Waals surface area contributed by atoms with Crippen LogP contribution in [0.1, 0.15) is 110 Å². The zero-order chi connectivity index (χ0) is 20.6. The van der Waals surface area contributed by atoms with Gasteiger partial charge in [0.15, 0.2) is 0 Å². The second kappa shape index (κ2) is 15.7. The SMILES string of the molecule is CCCCCCCCCC/C=C\CCCCCC(CC)([P+](=O)[O-])[N+](C)(C)C. The molecular formula is C23H47NO2P+. The molecule has 0 aromatic rings. The summed E-state index contributed by atoms with van der Waals surface area (Å²) in [6.45, 7) is 4.27. The maximum Gasteiger partial charge on any atom is 0.376 e. The van der Waals surface area contributed by atoms with Gasteiger partial charge in [0.1, 0.15) is 0 Å². The second-order valence-corrected chi connectivity index (χ2v) is 10.3. The quantitative estimate of drug-likeness (QED) is 0.108. The third-order valence-electron chi connectivity index (χ3n) is 5.99. The fourth-order valence-corrected chi connectivity index (χ4v) is 5.02. The van der Waals surface area contributed by atoms with Crippen molar-refractivity contribution in [2.75, 3.05) is 21.1 Å². The molecule has 0 N–H and O–H groups in total. The van der Waals surface area contributed by atoms with Crippen LogP contribution < -0.4 is 4.89 Å². The van der Waals surface area contributed by atoms with Crippen molar-refractivity contribution < 1.29 is 13.9 Å². The molecule has 0 bridgehead atoms. The van der Waals surface area contributed by atoms with Gasteiger partial charge in [-0.1, -0.05) is 81.9 Å². The van der Waals surface area contributed by atoms with Gasteiger partial charge in [-0.05, 0) is 32.1 Å². The summed E-state index contributed by atoms with van der Waals surface area (Å²) in [5.41, 5.74) is 0. The van der Waals surface area contributed by atoms with E-state index < -0.39 is 13.3 Å². The standard InChI is InChI=1S/C23H47NO2P/c1-6-8-9-10-11-12-13-14-15-16-17-18-19-20-21-22-23(7-2,27(25)26)24(3,4)5/h16-17H,6-15,18-22H2,1-5H3/q+1/b17-16-. The van der Waals surface area contributed by atoms with Crippen molar-refractivity contribution in [1.29, 1.82) is 0 Å². The zero-order valence-electron chi connectivity index (χ0n) is 19.0. The van der Waals surface area contributed by atoms with Crippen molar-refractivity contribution >= 4 is 8.03 Å². The van der Waals surface area contributed by atoms with Gasteiger partial charge in [0.25, 0.3) is 5.28 Å². The van der Waals surface area contributed by atoms with Gasteiger partial charge in [-0.3, -0.25) is 4.48 Å². The van der Waals surface area contributed by atoms with E-state index in [0.29, 0.717) is 10.9 Å². The van der Waals surface area contributed by atoms with E-state index in [0.717, 1.165) is 25.7 Å². The van der Waals surface area contributed by atoms with Crippen molar-refractivity contribution in [2.24, 2.45) is 0 Å². The average molecular weight is 401 g/mol. The summed E-state index contributed by atoms with van der Waals surface area (Å²) in [4.78, 5) is 11.9. The van der Waals surface area contributed by atoms with Crippen LogP contribution >= 0.6 is 8.03 Å². The molecule has 0 aliphatic heterocycles. The summed E-state index contributed by atoms with van der Waals surface area (Å²) in [6, 6.07) is 0. The third-order valence-corrected chi connectivity index (χ3v) is 7.81. The molecule has 0 rings (SSSR count). The number of quaternary nitrogens is 1. The van der Waals surface area contributed by atoms with Crippen molar-refractivity contribution in [3.05, 3.63) is 12.2 Å². The van der Waals surface area contributed by atoms with Gasteiger partial charge in [0.2, 0.25) is 0 Å². The number of rotatable bonds is 18. The highest BCUT2D eigenvalue weighted by Gasteiger charge is 2.52. The number of unbranched alkanes of at least 4 members (excludes halogenated alkanes) is 11. The normalized spacial score (nSPS) is 15.3. The fourth-order valence-electron chi connectivity index (χ4n) is 3.93. The van der Waals surface area contributed by atoms with Gasteiger partial charge in [0, 0.05) is 12.8 Å². The Bertz CT molecular complexity index is 404. The van der Waals surface area contributed by atoms with E-state index in [9.17, 15) is 9.46 Å². The molecule has 0 amide bonds. The van der Waals surface area contributed by atoms with Crippen LogP contribution in [-0.2, 0) is 4.57 Å². The molecule has 3 nitrogen and oxygen atoms in total. The number of hydrogen-bond acceptors (Lipinski definition) is 2. The smallest absolute Gasteiger partial charge is 0.376 e. The molecule has 2 unspecified atom stereocenters. The number of allylic oxidation sites excluding steroid dienone is 2. The molecule has 27 heavy (non-hydrogen) atoms. The first-order valence-corrected chi connectivity index (χ1v) is 12.6. The minimum atomic E-state index is -2.42. The predicted octanol–water partition coefficient (Wildman–Crippen LogP) is 6.94. The van der Waals surface area contributed by atoms with Crippen molar-refractivity contribution in [2.45, 2.75) is 115 Å². The van der Waals surface area contributed by atoms with Crippen molar-refractivity contribution in [3.8, 4) is 0 Å². The molecule has 0 aliphatic carbocycles. The van der Waals surface area contributed by atoms with Crippen LogP contribution in [0, 0.1) is 0 Å². The van der Waals surface area contributed by atoms with Gasteiger partial charge < -0.3 is 4.89 Å². The summed E-state index contributed by atoms with van der Waals surface area (Å²) < 4.78 is 12.4. The van der Waals surface area contributed by atoms with Gasteiger partial charge >= 0.3 is 8.03 Å². The topological polar surface area (TPSA) is 40.1 Å². The Hall–Kier alpha value is -0.240. The molecule has 0 spiro atoms. The maximum atomic E-state index is 11.9. The molecule has 0 fully saturated rings. The van der Waals surface area contributed by atoms with Crippen molar-refractivity contribution in [1.82, 2.24) is 0 Å². The summed E-state index contributed by atoms with van der Waals surface area (Å²) >= 11 is 0. The summed E-state index contributed by atoms with van der Waals surface area (Å²) in [7, 11) is 3.59. The monoisotopic (exact) mass is 400 g/mol. The summed E-state index contributed by atoms with van der Waals surface area (Å²) in [6.07, 6.45) is 22.8. The minimum Gasteiger partial charge on any atom is -0.590 e. The fraction of sp³-hybridized carbons (Fsp3) is 0.913. The molecule has 2 atom stereocenters. The molecule has 0 saturated carbocycles. The molecule has 4 heteroatoms. The van der Waals surface area contributed by atoms with Crippen LogP contribution in [0.4, 0.5) is 0 Å². The average Bonchev–Trinajstić information content (AvgIpc) is 2.60. The van der Waals surface area contributed by atoms with Crippen LogP contribution in [0.25, 0.3) is 0 Å². The Morgan fingerprint density at radius 3 is 1.63 bits per heavy atom. The Labute approximate surface area is 171 Å². The van der Waals surface area contributed by atoms with E-state index in [1.807, 2.05) is 28.1 Å². The van der Waals surface area contributed by atoms with Crippen LogP contribution in [0.5, 0.6) is 0 Å². The molecule has 0 aromatic carbocycles. The molecular weight excluding hydrogens is 353 g/mol. The lowest BCUT2D eigenvalue weighted by Gasteiger charge is -2.39. The lowest BCUT2D eigenvalue weighted by atomic mass is 10.0. The van der Waals surface area contributed by atoms with Gasteiger partial charge in [-0.15, -0.1) is 0 Å². The maximum absolute atomic E-state index is 11.9. The second-order valence-electron chi connectivity index (χ2n) is 8.94. The Kier molecular flexibility index (Phi) is 15.5. The van der Waals surface area contributed by atoms with Crippen LogP contribution in [0.15, 0.2) is 12.2 Å². The molecule has 0 aromatic heterocycles. The van der Waals surface area contributed by atoms with Crippen molar-refractivity contribution in [3.63, 3.8) is 0 Å². The predicted molar refractivity (Wildman–Crippen MR) is 118 cm³/mol. The Morgan fingerprint density at radius 1 is 0.778 bits per heavy atom. The van der Waals surface area contributed by atoms with Crippen LogP contribution in [0.2, 0.25) is 0 Å². The van der Waals surface area contributed by atoms with E-state index in [1.54, 1.807) is 0 Å². The first kappa shape index (κ1) is 26.8. The van der Waals surface area contributed by atoms with Gasteiger partial charge in [-0.25, -0.2) is 0 Å². The molecule has 0 heterocycles. The Balaban J connectivity index is 3.73. The minimum absolute atomic E-state index is 0.501. The highest BCUT2D eigenvalue weighted by Crippen LogP contribution is 2.44. The Morgan fingerprint density at radius 2 is 1.22 bits per heavy atom. The number of nitrogens with zero attached hydrogens (tertiary/aromatic N) is 1. The molecule has 0 aliphatic rings. The first-order valence-electron chi connectivity index (χ1n) is 11.4. The summed E-state index contributed by atoms with van der Waals surface area (Å²) in [5.74, 6) is 0. The van der Waals surface area contributed by atoms with E-state index in [4.69, 9.17) is 0 Å². The first-order chi connectivity index (χ1) is 12.8. The molecule has 160 valence electrons. The molecule has 0 saturated heterocycles. The third kappa shape index (κ3) is 11.4. The van der Waals surface area contributed by atoms with Gasteiger partial charge in [0.05, 0.1) is 21.1 Å². The highest BCUT2D eigenvalue weighted by molar-refractivity contribution is 7.38. The van der Waals surface area contributed by atoms with Crippen LogP contribution in [0.3, 0.4) is 0 Å². The van der Waals surface area contributed by atoms with Crippen LogP contribution in [-0.4, -0.2) is 30.9 Å². The van der Waals surface area contributed by atoms with E-state index >= 15 is 0 Å². The lowest BCUT2D eigenvalue weighted by molar-refractivity contribution is -0.910. The van der Waals surface area contributed by atoms with E-state index in [2.05, 4.69) is 19.1 Å². The zero-order valence-corrected chi connectivity index (χ0v) is 19.9. The lowest BCUT2D eigenvalue weighted by Crippen LogP contribution is -2.55. The largest absolute Gasteiger partial charge is 0.590 e. The van der Waals surface area contributed by atoms with E-state index in [1.165, 1.54) is 64.2 Å².